The Bertz CT molecular complexity index is 2940. The maximum absolute atomic E-state index is 17.0. The highest BCUT2D eigenvalue weighted by atomic mass is 35.5. The Balaban J connectivity index is 1.11. The molecule has 2 atom stereocenters. The van der Waals surface area contributed by atoms with Crippen LogP contribution < -0.4 is 16.0 Å². The van der Waals surface area contributed by atoms with E-state index < -0.39 is 47.2 Å². The summed E-state index contributed by atoms with van der Waals surface area (Å²) in [5.41, 5.74) is -0.245. The first kappa shape index (κ1) is 44.7. The van der Waals surface area contributed by atoms with Gasteiger partial charge in [0.25, 0.3) is 11.8 Å². The van der Waals surface area contributed by atoms with Crippen LogP contribution in [0.3, 0.4) is 0 Å². The zero-order chi connectivity index (χ0) is 46.1. The summed E-state index contributed by atoms with van der Waals surface area (Å²) >= 11 is 13.2. The minimum absolute atomic E-state index is 0.0500. The highest BCUT2D eigenvalue weighted by Gasteiger charge is 2.33. The van der Waals surface area contributed by atoms with Crippen molar-refractivity contribution in [2.24, 2.45) is 0 Å². The van der Waals surface area contributed by atoms with Crippen LogP contribution in [0, 0.1) is 37.1 Å². The summed E-state index contributed by atoms with van der Waals surface area (Å²) in [6.45, 7) is 3.76. The van der Waals surface area contributed by atoms with E-state index >= 15 is 13.2 Å². The summed E-state index contributed by atoms with van der Waals surface area (Å²) in [6.07, 6.45) is 5.24. The average molecular weight is 929 g/mol. The molecule has 0 unspecified atom stereocenters. The van der Waals surface area contributed by atoms with E-state index in [4.69, 9.17) is 23.2 Å². The maximum Gasteiger partial charge on any atom is 0.255 e. The Morgan fingerprint density at radius 1 is 0.785 bits per heavy atom. The first-order valence-electron chi connectivity index (χ1n) is 20.2. The Kier molecular flexibility index (Phi) is 12.8. The fourth-order valence-electron chi connectivity index (χ4n) is 7.80. The molecule has 3 amide bonds. The van der Waals surface area contributed by atoms with Crippen LogP contribution >= 0.6 is 23.2 Å². The molecule has 1 saturated heterocycles. The molecule has 0 spiro atoms. The molecule has 334 valence electrons. The topological polar surface area (TPSA) is 179 Å². The van der Waals surface area contributed by atoms with Crippen LogP contribution in [0.25, 0.3) is 33.6 Å². The van der Waals surface area contributed by atoms with Crippen LogP contribution in [0.15, 0.2) is 85.5 Å². The number of carbonyl (C=O) groups is 3. The van der Waals surface area contributed by atoms with E-state index in [1.165, 1.54) is 49.1 Å². The molecule has 0 aliphatic carbocycles. The van der Waals surface area contributed by atoms with Crippen molar-refractivity contribution < 1.29 is 31.9 Å². The highest BCUT2D eigenvalue weighted by Crippen LogP contribution is 2.40. The molecule has 1 aliphatic rings. The van der Waals surface area contributed by atoms with E-state index in [1.807, 2.05) is 0 Å². The first-order chi connectivity index (χ1) is 31.2. The number of rotatable bonds is 14. The summed E-state index contributed by atoms with van der Waals surface area (Å²) in [4.78, 5) is 43.1. The molecule has 1 aliphatic heterocycles. The fourth-order valence-corrected chi connectivity index (χ4v) is 8.29. The zero-order valence-corrected chi connectivity index (χ0v) is 36.3. The molecule has 4 heterocycles. The molecule has 8 rings (SSSR count). The van der Waals surface area contributed by atoms with Gasteiger partial charge >= 0.3 is 0 Å². The third-order valence-corrected chi connectivity index (χ3v) is 12.0. The van der Waals surface area contributed by atoms with E-state index in [-0.39, 0.29) is 85.8 Å². The van der Waals surface area contributed by atoms with Gasteiger partial charge in [-0.2, -0.15) is 10.2 Å². The van der Waals surface area contributed by atoms with Gasteiger partial charge in [-0.05, 0) is 79.5 Å². The quantitative estimate of drug-likeness (QED) is 0.0690. The monoisotopic (exact) mass is 927 g/mol. The molecule has 20 heteroatoms. The van der Waals surface area contributed by atoms with E-state index in [2.05, 4.69) is 46.7 Å². The molecule has 7 aromatic rings. The number of H-pyrrole nitrogens is 2. The lowest BCUT2D eigenvalue weighted by atomic mass is 9.93. The third-order valence-electron chi connectivity index (χ3n) is 11.5. The molecule has 0 radical (unpaired) electrons. The van der Waals surface area contributed by atoms with Crippen molar-refractivity contribution in [2.45, 2.75) is 44.9 Å². The maximum atomic E-state index is 17.0. The Morgan fingerprint density at radius 3 is 2.08 bits per heavy atom. The lowest BCUT2D eigenvalue weighted by molar-refractivity contribution is -0.136. The van der Waals surface area contributed by atoms with Crippen LogP contribution in [0.4, 0.5) is 17.6 Å². The number of likely N-dealkylation sites (N-methyl/N-ethyl adjacent to an activating group) is 1. The third kappa shape index (κ3) is 9.09. The minimum Gasteiger partial charge on any atom is -0.345 e. The van der Waals surface area contributed by atoms with Gasteiger partial charge in [-0.3, -0.25) is 29.3 Å². The van der Waals surface area contributed by atoms with Gasteiger partial charge in [0.1, 0.15) is 23.3 Å². The van der Waals surface area contributed by atoms with Crippen LogP contribution in [-0.2, 0) is 11.3 Å². The summed E-state index contributed by atoms with van der Waals surface area (Å²) in [6, 6.07) is 12.5. The van der Waals surface area contributed by atoms with E-state index in [9.17, 15) is 18.8 Å². The summed E-state index contributed by atoms with van der Waals surface area (Å²) in [7, 11) is 1.78. The number of nitrogens with zero attached hydrogens (tertiary/aromatic N) is 6. The number of aromatic amines is 2. The van der Waals surface area contributed by atoms with Gasteiger partial charge in [0.05, 0.1) is 66.2 Å². The lowest BCUT2D eigenvalue weighted by Gasteiger charge is -2.39. The SMILES string of the molecule is CNC1CN(C(=O)C[C@H](NC(=O)c2cn[nH]c2-c2c(F)ccc(F)c2C)c2ccc(-c3cc(F)c(C)c(-c4[nH]ncc4C(=O)N[C@@H](Cn4ccnn4)c4cccc(Cl)c4)c3F)c(Cl)c2)C1. The van der Waals surface area contributed by atoms with Gasteiger partial charge in [-0.1, -0.05) is 52.7 Å². The second-order valence-corrected chi connectivity index (χ2v) is 16.4. The predicted octanol–water partition coefficient (Wildman–Crippen LogP) is 7.67. The van der Waals surface area contributed by atoms with Crippen LogP contribution in [0.5, 0.6) is 0 Å². The Morgan fingerprint density at radius 2 is 1.43 bits per heavy atom. The second kappa shape index (κ2) is 18.7. The van der Waals surface area contributed by atoms with E-state index in [1.54, 1.807) is 42.4 Å². The van der Waals surface area contributed by atoms with Gasteiger partial charge in [0.2, 0.25) is 5.91 Å². The zero-order valence-electron chi connectivity index (χ0n) is 34.8. The van der Waals surface area contributed by atoms with Gasteiger partial charge in [0.15, 0.2) is 0 Å². The molecule has 65 heavy (non-hydrogen) atoms. The lowest BCUT2D eigenvalue weighted by Crippen LogP contribution is -2.59. The molecule has 0 bridgehead atoms. The van der Waals surface area contributed by atoms with Crippen molar-refractivity contribution in [1.29, 1.82) is 0 Å². The van der Waals surface area contributed by atoms with Gasteiger partial charge in [-0.25, -0.2) is 17.6 Å². The number of carbonyl (C=O) groups excluding carboxylic acids is 3. The molecule has 5 N–H and O–H groups in total. The summed E-state index contributed by atoms with van der Waals surface area (Å²) in [5.74, 6) is -4.94. The molecule has 1 fully saturated rings. The number of amides is 3. The number of likely N-dealkylation sites (tertiary alicyclic amines) is 1. The number of benzene rings is 4. The van der Waals surface area contributed by atoms with Crippen molar-refractivity contribution in [3.63, 3.8) is 0 Å². The fraction of sp³-hybridized carbons (Fsp3) is 0.222. The smallest absolute Gasteiger partial charge is 0.255 e. The van der Waals surface area contributed by atoms with Crippen molar-refractivity contribution in [1.82, 2.24) is 56.2 Å². The van der Waals surface area contributed by atoms with Crippen molar-refractivity contribution >= 4 is 40.9 Å². The number of hydrogen-bond acceptors (Lipinski definition) is 8. The number of halogens is 6. The van der Waals surface area contributed by atoms with Crippen molar-refractivity contribution in [3.05, 3.63) is 152 Å². The van der Waals surface area contributed by atoms with Gasteiger partial charge in [-0.15, -0.1) is 5.10 Å². The predicted molar refractivity (Wildman–Crippen MR) is 234 cm³/mol. The number of aromatic nitrogens is 7. The molecule has 0 saturated carbocycles. The van der Waals surface area contributed by atoms with Crippen LogP contribution in [0.1, 0.15) is 61.5 Å². The Hall–Kier alpha value is -6.89. The molecule has 14 nitrogen and oxygen atoms in total. The van der Waals surface area contributed by atoms with Crippen molar-refractivity contribution in [2.75, 3.05) is 20.1 Å². The average Bonchev–Trinajstić information content (AvgIpc) is 4.07. The Labute approximate surface area is 378 Å². The minimum atomic E-state index is -1.04. The van der Waals surface area contributed by atoms with Gasteiger partial charge in [0, 0.05) is 57.6 Å². The number of hydrogen-bond donors (Lipinski definition) is 5. The highest BCUT2D eigenvalue weighted by molar-refractivity contribution is 6.33. The molecule has 4 aromatic carbocycles. The summed E-state index contributed by atoms with van der Waals surface area (Å²) < 4.78 is 64.1. The second-order valence-electron chi connectivity index (χ2n) is 15.5. The molecular formula is C45H39Cl2F4N11O3. The molecule has 3 aromatic heterocycles. The standard InChI is InChI=1S/C45H39Cl2F4N11O3/c1-22-33(48)9-10-34(49)39(22)42-30(17-54-58-42)44(64)56-36(16-38(63)61-19-27(20-61)52-3)25-7-8-28(32(47)14-25)29-15-35(50)23(2)40(41(29)51)43-31(18-55-59-43)45(65)57-37(21-62-12-11-53-60-62)24-5-4-6-26(46)13-24/h4-15,17-18,27,36-37,52H,16,19-21H2,1-3H3,(H,54,58)(H,55,59)(H,56,64)(H,57,65)/t36-,37-/m0/s1. The summed E-state index contributed by atoms with van der Waals surface area (Å²) in [5, 5.41) is 30.3. The number of nitrogens with one attached hydrogen (secondary N) is 5. The normalized spacial score (nSPS) is 13.6. The van der Waals surface area contributed by atoms with Gasteiger partial charge < -0.3 is 20.9 Å². The van der Waals surface area contributed by atoms with E-state index in [0.717, 1.165) is 24.4 Å². The molecular weight excluding hydrogens is 889 g/mol. The van der Waals surface area contributed by atoms with Crippen LogP contribution in [0.2, 0.25) is 10.0 Å². The van der Waals surface area contributed by atoms with Crippen molar-refractivity contribution in [3.8, 4) is 33.6 Å². The largest absolute Gasteiger partial charge is 0.345 e. The van der Waals surface area contributed by atoms with Crippen LogP contribution in [-0.4, -0.2) is 84.2 Å². The van der Waals surface area contributed by atoms with E-state index in [0.29, 0.717) is 29.2 Å². The first-order valence-corrected chi connectivity index (χ1v) is 20.9.